The molecule has 0 aliphatic carbocycles. The Balaban J connectivity index is 1.56. The first kappa shape index (κ1) is 18.1. The van der Waals surface area contributed by atoms with Gasteiger partial charge in [-0.1, -0.05) is 30.0 Å². The summed E-state index contributed by atoms with van der Waals surface area (Å²) in [6.45, 7) is 1.86. The van der Waals surface area contributed by atoms with Gasteiger partial charge in [-0.3, -0.25) is 0 Å². The van der Waals surface area contributed by atoms with Crippen molar-refractivity contribution in [2.45, 2.75) is 17.7 Å². The van der Waals surface area contributed by atoms with Gasteiger partial charge in [0.2, 0.25) is 11.9 Å². The van der Waals surface area contributed by atoms with Crippen LogP contribution in [-0.2, 0) is 5.75 Å². The van der Waals surface area contributed by atoms with E-state index in [1.807, 2.05) is 31.2 Å². The summed E-state index contributed by atoms with van der Waals surface area (Å²) in [6, 6.07) is 13.7. The van der Waals surface area contributed by atoms with Gasteiger partial charge < -0.3 is 11.1 Å². The third-order valence-corrected chi connectivity index (χ3v) is 4.80. The van der Waals surface area contributed by atoms with Gasteiger partial charge in [0.15, 0.2) is 0 Å². The summed E-state index contributed by atoms with van der Waals surface area (Å²) in [7, 11) is 0. The molecule has 0 bridgehead atoms. The number of aryl methyl sites for hydroxylation is 1. The first-order chi connectivity index (χ1) is 13.6. The molecule has 2 aromatic carbocycles. The summed E-state index contributed by atoms with van der Waals surface area (Å²) < 4.78 is 13.1. The molecule has 0 radical (unpaired) electrons. The molecule has 0 aliphatic heterocycles. The van der Waals surface area contributed by atoms with E-state index in [-0.39, 0.29) is 11.8 Å². The molecule has 4 rings (SSSR count). The van der Waals surface area contributed by atoms with Gasteiger partial charge in [-0.2, -0.15) is 15.0 Å². The second kappa shape index (κ2) is 7.73. The molecule has 0 atom stereocenters. The van der Waals surface area contributed by atoms with Gasteiger partial charge in [-0.25, -0.2) is 14.4 Å². The first-order valence-electron chi connectivity index (χ1n) is 8.46. The molecular weight excluding hydrogens is 377 g/mol. The number of nitrogens with zero attached hydrogens (tertiary/aromatic N) is 5. The molecule has 140 valence electrons. The van der Waals surface area contributed by atoms with Crippen molar-refractivity contribution in [3.05, 3.63) is 66.0 Å². The van der Waals surface area contributed by atoms with E-state index in [1.165, 1.54) is 23.9 Å². The Bertz CT molecular complexity index is 1130. The second-order valence-electron chi connectivity index (χ2n) is 5.95. The van der Waals surface area contributed by atoms with Gasteiger partial charge in [0.1, 0.15) is 22.5 Å². The summed E-state index contributed by atoms with van der Waals surface area (Å²) in [5, 5.41) is 4.84. The van der Waals surface area contributed by atoms with Gasteiger partial charge in [-0.05, 0) is 37.3 Å². The second-order valence-corrected chi connectivity index (χ2v) is 6.91. The zero-order valence-corrected chi connectivity index (χ0v) is 15.7. The normalized spacial score (nSPS) is 10.9. The van der Waals surface area contributed by atoms with E-state index >= 15 is 0 Å². The predicted octanol–water partition coefficient (Wildman–Crippen LogP) is 3.88. The monoisotopic (exact) mass is 393 g/mol. The van der Waals surface area contributed by atoms with Gasteiger partial charge in [0.05, 0.1) is 11.3 Å². The quantitative estimate of drug-likeness (QED) is 0.389. The minimum absolute atomic E-state index is 0.110. The van der Waals surface area contributed by atoms with E-state index in [4.69, 9.17) is 5.73 Å². The lowest BCUT2D eigenvalue weighted by molar-refractivity contribution is 0.628. The number of aromatic nitrogens is 5. The van der Waals surface area contributed by atoms with Crippen molar-refractivity contribution in [3.63, 3.8) is 0 Å². The molecule has 2 aromatic heterocycles. The standard InChI is InChI=1S/C19H16FN7S/c1-11-22-15-5-3-2-4-14(15)17(23-11)28-10-16-25-18(21)27-19(26-16)24-13-8-6-12(20)7-9-13/h2-9H,10H2,1H3,(H3,21,24,25,26,27). The summed E-state index contributed by atoms with van der Waals surface area (Å²) in [5.74, 6) is 1.78. The van der Waals surface area contributed by atoms with Crippen molar-refractivity contribution in [1.29, 1.82) is 0 Å². The fraction of sp³-hybridized carbons (Fsp3) is 0.105. The largest absolute Gasteiger partial charge is 0.368 e. The van der Waals surface area contributed by atoms with Crippen LogP contribution in [0.5, 0.6) is 0 Å². The molecule has 4 aromatic rings. The maximum absolute atomic E-state index is 13.1. The van der Waals surface area contributed by atoms with Crippen LogP contribution in [0.2, 0.25) is 0 Å². The van der Waals surface area contributed by atoms with Crippen LogP contribution < -0.4 is 11.1 Å². The molecule has 28 heavy (non-hydrogen) atoms. The number of halogens is 1. The van der Waals surface area contributed by atoms with Crippen LogP contribution in [-0.4, -0.2) is 24.9 Å². The minimum atomic E-state index is -0.315. The Morgan fingerprint density at radius 1 is 0.964 bits per heavy atom. The van der Waals surface area contributed by atoms with Crippen LogP contribution >= 0.6 is 11.8 Å². The minimum Gasteiger partial charge on any atom is -0.368 e. The van der Waals surface area contributed by atoms with Gasteiger partial charge in [0.25, 0.3) is 0 Å². The zero-order chi connectivity index (χ0) is 19.5. The van der Waals surface area contributed by atoms with Gasteiger partial charge >= 0.3 is 0 Å². The number of benzene rings is 2. The third kappa shape index (κ3) is 4.15. The molecule has 0 fully saturated rings. The molecular formula is C19H16FN7S. The van der Waals surface area contributed by atoms with E-state index in [0.29, 0.717) is 29.0 Å². The Hall–Kier alpha value is -3.33. The summed E-state index contributed by atoms with van der Waals surface area (Å²) in [6.07, 6.45) is 0. The lowest BCUT2D eigenvalue weighted by atomic mass is 10.2. The fourth-order valence-electron chi connectivity index (χ4n) is 2.62. The number of fused-ring (bicyclic) bond motifs is 1. The molecule has 7 nitrogen and oxygen atoms in total. The summed E-state index contributed by atoms with van der Waals surface area (Å²) in [5.41, 5.74) is 7.37. The maximum Gasteiger partial charge on any atom is 0.232 e. The van der Waals surface area contributed by atoms with Crippen molar-refractivity contribution in [1.82, 2.24) is 24.9 Å². The van der Waals surface area contributed by atoms with Gasteiger partial charge in [0, 0.05) is 11.1 Å². The van der Waals surface area contributed by atoms with Crippen LogP contribution in [0.15, 0.2) is 53.6 Å². The van der Waals surface area contributed by atoms with Crippen molar-refractivity contribution >= 4 is 40.2 Å². The van der Waals surface area contributed by atoms with Crippen LogP contribution in [0.4, 0.5) is 22.0 Å². The highest BCUT2D eigenvalue weighted by molar-refractivity contribution is 7.98. The van der Waals surface area contributed by atoms with E-state index in [2.05, 4.69) is 30.2 Å². The number of thioether (sulfide) groups is 1. The number of nitrogen functional groups attached to an aromatic ring is 1. The highest BCUT2D eigenvalue weighted by Gasteiger charge is 2.10. The SMILES string of the molecule is Cc1nc(SCc2nc(N)nc(Nc3ccc(F)cc3)n2)c2ccccc2n1. The van der Waals surface area contributed by atoms with Crippen molar-refractivity contribution in [2.75, 3.05) is 11.1 Å². The van der Waals surface area contributed by atoms with E-state index < -0.39 is 0 Å². The Kier molecular flexibility index (Phi) is 4.98. The van der Waals surface area contributed by atoms with Crippen LogP contribution in [0.3, 0.4) is 0 Å². The number of para-hydroxylation sites is 1. The molecule has 0 unspecified atom stereocenters. The van der Waals surface area contributed by atoms with E-state index in [1.54, 1.807) is 12.1 Å². The smallest absolute Gasteiger partial charge is 0.232 e. The highest BCUT2D eigenvalue weighted by atomic mass is 32.2. The summed E-state index contributed by atoms with van der Waals surface area (Å²) >= 11 is 1.51. The zero-order valence-electron chi connectivity index (χ0n) is 14.9. The Morgan fingerprint density at radius 2 is 1.75 bits per heavy atom. The van der Waals surface area contributed by atoms with Crippen LogP contribution in [0.1, 0.15) is 11.6 Å². The number of anilines is 3. The number of nitrogens with two attached hydrogens (primary N) is 1. The number of hydrogen-bond donors (Lipinski definition) is 2. The summed E-state index contributed by atoms with van der Waals surface area (Å²) in [4.78, 5) is 21.7. The molecule has 3 N–H and O–H groups in total. The molecule has 0 aliphatic rings. The first-order valence-corrected chi connectivity index (χ1v) is 9.44. The Morgan fingerprint density at radius 3 is 2.57 bits per heavy atom. The van der Waals surface area contributed by atoms with Crippen molar-refractivity contribution in [2.24, 2.45) is 0 Å². The molecule has 0 saturated heterocycles. The predicted molar refractivity (Wildman–Crippen MR) is 108 cm³/mol. The average Bonchev–Trinajstić information content (AvgIpc) is 2.67. The van der Waals surface area contributed by atoms with Crippen molar-refractivity contribution in [3.8, 4) is 0 Å². The van der Waals surface area contributed by atoms with E-state index in [0.717, 1.165) is 15.9 Å². The number of hydrogen-bond acceptors (Lipinski definition) is 8. The number of nitrogens with one attached hydrogen (secondary N) is 1. The molecule has 2 heterocycles. The molecule has 0 amide bonds. The van der Waals surface area contributed by atoms with Crippen molar-refractivity contribution < 1.29 is 4.39 Å². The lowest BCUT2D eigenvalue weighted by Crippen LogP contribution is -2.06. The van der Waals surface area contributed by atoms with Gasteiger partial charge in [-0.15, -0.1) is 0 Å². The van der Waals surface area contributed by atoms with Crippen LogP contribution in [0, 0.1) is 12.7 Å². The topological polar surface area (TPSA) is 102 Å². The highest BCUT2D eigenvalue weighted by Crippen LogP contribution is 2.27. The number of rotatable bonds is 5. The molecule has 0 spiro atoms. The Labute approximate surface area is 164 Å². The van der Waals surface area contributed by atoms with E-state index in [9.17, 15) is 4.39 Å². The van der Waals surface area contributed by atoms with Crippen LogP contribution in [0.25, 0.3) is 10.9 Å². The fourth-order valence-corrected chi connectivity index (χ4v) is 3.54. The third-order valence-electron chi connectivity index (χ3n) is 3.82. The lowest BCUT2D eigenvalue weighted by Gasteiger charge is -2.08. The molecule has 9 heteroatoms. The maximum atomic E-state index is 13.1. The average molecular weight is 393 g/mol. The molecule has 0 saturated carbocycles.